The standard InChI is InChI=1S/C24H29N3O6/c1-3-27(4-2)18-8-7-15-9-14(5-6-16(15)11-18)10-17(12-25)23(31)26-13-19-20(28)21(29)22(30)24(32)33-19/h5-11,19-22,24,28-30,32H,3-4,13H2,1-2H3,(H,26,31)/b17-10+/t19-,20-,21+,22-,24?/m1/s1. The van der Waals surface area contributed by atoms with Crippen molar-refractivity contribution in [1.82, 2.24) is 5.32 Å². The summed E-state index contributed by atoms with van der Waals surface area (Å²) in [4.78, 5) is 14.7. The Morgan fingerprint density at radius 2 is 1.73 bits per heavy atom. The Kier molecular flexibility index (Phi) is 8.02. The number of aliphatic hydroxyl groups is 4. The van der Waals surface area contributed by atoms with Crippen molar-refractivity contribution in [3.63, 3.8) is 0 Å². The lowest BCUT2D eigenvalue weighted by molar-refractivity contribution is -0.280. The van der Waals surface area contributed by atoms with Gasteiger partial charge in [0.1, 0.15) is 36.1 Å². The van der Waals surface area contributed by atoms with Gasteiger partial charge in [-0.15, -0.1) is 0 Å². The van der Waals surface area contributed by atoms with Crippen LogP contribution >= 0.6 is 0 Å². The molecule has 5 N–H and O–H groups in total. The summed E-state index contributed by atoms with van der Waals surface area (Å²) >= 11 is 0. The van der Waals surface area contributed by atoms with E-state index in [9.17, 15) is 30.5 Å². The van der Waals surface area contributed by atoms with Gasteiger partial charge < -0.3 is 35.4 Å². The molecule has 1 aliphatic rings. The molecule has 1 unspecified atom stereocenters. The van der Waals surface area contributed by atoms with E-state index in [4.69, 9.17) is 4.74 Å². The molecule has 1 amide bonds. The highest BCUT2D eigenvalue weighted by Gasteiger charge is 2.42. The van der Waals surface area contributed by atoms with E-state index >= 15 is 0 Å². The molecular weight excluding hydrogens is 426 g/mol. The molecular formula is C24H29N3O6. The number of carbonyl (C=O) groups excluding carboxylic acids is 1. The molecule has 0 aliphatic carbocycles. The van der Waals surface area contributed by atoms with Crippen molar-refractivity contribution in [2.24, 2.45) is 0 Å². The smallest absolute Gasteiger partial charge is 0.262 e. The van der Waals surface area contributed by atoms with Gasteiger partial charge in [0.2, 0.25) is 0 Å². The van der Waals surface area contributed by atoms with Gasteiger partial charge in [0.05, 0.1) is 0 Å². The largest absolute Gasteiger partial charge is 0.388 e. The Morgan fingerprint density at radius 3 is 2.39 bits per heavy atom. The highest BCUT2D eigenvalue weighted by atomic mass is 16.6. The number of carbonyl (C=O) groups is 1. The van der Waals surface area contributed by atoms with Gasteiger partial charge in [0.25, 0.3) is 5.91 Å². The van der Waals surface area contributed by atoms with Crippen LogP contribution in [0.1, 0.15) is 19.4 Å². The summed E-state index contributed by atoms with van der Waals surface area (Å²) in [6, 6.07) is 13.6. The summed E-state index contributed by atoms with van der Waals surface area (Å²) in [6.45, 7) is 5.75. The van der Waals surface area contributed by atoms with Gasteiger partial charge in [0.15, 0.2) is 6.29 Å². The summed E-state index contributed by atoms with van der Waals surface area (Å²) in [5.41, 5.74) is 1.65. The fraction of sp³-hybridized carbons (Fsp3) is 0.417. The number of hydrogen-bond acceptors (Lipinski definition) is 8. The van der Waals surface area contributed by atoms with Crippen molar-refractivity contribution in [1.29, 1.82) is 5.26 Å². The number of nitrogens with one attached hydrogen (secondary N) is 1. The van der Waals surface area contributed by atoms with Crippen molar-refractivity contribution in [3.8, 4) is 6.07 Å². The number of nitrogens with zero attached hydrogens (tertiary/aromatic N) is 2. The Balaban J connectivity index is 1.72. The van der Waals surface area contributed by atoms with E-state index in [0.29, 0.717) is 5.56 Å². The minimum Gasteiger partial charge on any atom is -0.388 e. The molecule has 3 rings (SSSR count). The maximum absolute atomic E-state index is 12.5. The normalized spacial score (nSPS) is 25.5. The van der Waals surface area contributed by atoms with E-state index in [1.807, 2.05) is 36.4 Å². The molecule has 0 spiro atoms. The van der Waals surface area contributed by atoms with Gasteiger partial charge in [0, 0.05) is 25.3 Å². The van der Waals surface area contributed by atoms with Crippen molar-refractivity contribution >= 4 is 28.4 Å². The van der Waals surface area contributed by atoms with Gasteiger partial charge in [-0.25, -0.2) is 0 Å². The number of anilines is 1. The minimum atomic E-state index is -1.70. The lowest BCUT2D eigenvalue weighted by Gasteiger charge is -2.38. The molecule has 1 aliphatic heterocycles. The van der Waals surface area contributed by atoms with E-state index < -0.39 is 36.6 Å². The third-order valence-corrected chi connectivity index (χ3v) is 5.80. The third kappa shape index (κ3) is 5.50. The fourth-order valence-corrected chi connectivity index (χ4v) is 3.83. The summed E-state index contributed by atoms with van der Waals surface area (Å²) in [6.07, 6.45) is -6.18. The van der Waals surface area contributed by atoms with Crippen molar-refractivity contribution in [2.45, 2.75) is 44.6 Å². The zero-order valence-corrected chi connectivity index (χ0v) is 18.5. The Morgan fingerprint density at radius 1 is 1.06 bits per heavy atom. The van der Waals surface area contributed by atoms with Crippen LogP contribution in [0.4, 0.5) is 5.69 Å². The summed E-state index contributed by atoms with van der Waals surface area (Å²) < 4.78 is 5.03. The van der Waals surface area contributed by atoms with E-state index in [1.165, 1.54) is 6.08 Å². The quantitative estimate of drug-likeness (QED) is 0.300. The average molecular weight is 456 g/mol. The lowest BCUT2D eigenvalue weighted by Crippen LogP contribution is -2.60. The second kappa shape index (κ2) is 10.7. The molecule has 1 saturated heterocycles. The Labute approximate surface area is 192 Å². The third-order valence-electron chi connectivity index (χ3n) is 5.80. The maximum atomic E-state index is 12.5. The van der Waals surface area contributed by atoms with E-state index in [0.717, 1.165) is 29.5 Å². The number of rotatable bonds is 7. The minimum absolute atomic E-state index is 0.152. The Bertz CT molecular complexity index is 1060. The second-order valence-corrected chi connectivity index (χ2v) is 7.88. The lowest BCUT2D eigenvalue weighted by atomic mass is 9.99. The van der Waals surface area contributed by atoms with E-state index in [-0.39, 0.29) is 12.1 Å². The topological polar surface area (TPSA) is 146 Å². The van der Waals surface area contributed by atoms with Crippen LogP contribution in [0.3, 0.4) is 0 Å². The first kappa shape index (κ1) is 24.6. The molecule has 2 aromatic rings. The first-order valence-electron chi connectivity index (χ1n) is 10.9. The van der Waals surface area contributed by atoms with Gasteiger partial charge in [-0.3, -0.25) is 4.79 Å². The van der Waals surface area contributed by atoms with E-state index in [2.05, 4.69) is 30.1 Å². The molecule has 9 heteroatoms. The number of ether oxygens (including phenoxy) is 1. The Hall–Kier alpha value is -3.00. The molecule has 1 fully saturated rings. The van der Waals surface area contributed by atoms with Gasteiger partial charge in [-0.1, -0.05) is 18.2 Å². The molecule has 176 valence electrons. The van der Waals surface area contributed by atoms with Crippen molar-refractivity contribution in [2.75, 3.05) is 24.5 Å². The van der Waals surface area contributed by atoms with Crippen LogP contribution < -0.4 is 10.2 Å². The molecule has 1 heterocycles. The molecule has 0 radical (unpaired) electrons. The molecule has 5 atom stereocenters. The first-order valence-corrected chi connectivity index (χ1v) is 10.9. The number of aliphatic hydroxyl groups excluding tert-OH is 4. The predicted octanol–water partition coefficient (Wildman–Crippen LogP) is 0.509. The second-order valence-electron chi connectivity index (χ2n) is 7.88. The molecule has 9 nitrogen and oxygen atoms in total. The molecule has 0 bridgehead atoms. The highest BCUT2D eigenvalue weighted by molar-refractivity contribution is 6.02. The van der Waals surface area contributed by atoms with Crippen LogP contribution in [0, 0.1) is 11.3 Å². The number of benzene rings is 2. The van der Waals surface area contributed by atoms with E-state index in [1.54, 1.807) is 0 Å². The number of amides is 1. The number of fused-ring (bicyclic) bond motifs is 1. The molecule has 0 saturated carbocycles. The summed E-state index contributed by atoms with van der Waals surface area (Å²) in [7, 11) is 0. The van der Waals surface area contributed by atoms with Gasteiger partial charge in [-0.05, 0) is 54.5 Å². The van der Waals surface area contributed by atoms with Crippen LogP contribution in [0.5, 0.6) is 0 Å². The highest BCUT2D eigenvalue weighted by Crippen LogP contribution is 2.24. The average Bonchev–Trinajstić information content (AvgIpc) is 2.83. The van der Waals surface area contributed by atoms with Crippen LogP contribution in [0.15, 0.2) is 42.0 Å². The zero-order valence-electron chi connectivity index (χ0n) is 18.5. The zero-order chi connectivity index (χ0) is 24.1. The fourth-order valence-electron chi connectivity index (χ4n) is 3.83. The predicted molar refractivity (Wildman–Crippen MR) is 123 cm³/mol. The van der Waals surface area contributed by atoms with Crippen molar-refractivity contribution < 1.29 is 30.0 Å². The van der Waals surface area contributed by atoms with Crippen LogP contribution in [0.25, 0.3) is 16.8 Å². The number of nitriles is 1. The van der Waals surface area contributed by atoms with Crippen LogP contribution in [-0.2, 0) is 9.53 Å². The SMILES string of the molecule is CCN(CC)c1ccc2cc(/C=C(\C#N)C(=O)NC[C@H]3OC(O)[C@H](O)[C@@H](O)[C@@H]3O)ccc2c1. The van der Waals surface area contributed by atoms with Crippen molar-refractivity contribution in [3.05, 3.63) is 47.5 Å². The van der Waals surface area contributed by atoms with Gasteiger partial charge in [-0.2, -0.15) is 5.26 Å². The molecule has 33 heavy (non-hydrogen) atoms. The number of hydrogen-bond donors (Lipinski definition) is 5. The summed E-state index contributed by atoms with van der Waals surface area (Å²) in [5, 5.41) is 52.8. The van der Waals surface area contributed by atoms with Crippen LogP contribution in [-0.4, -0.2) is 76.7 Å². The maximum Gasteiger partial charge on any atom is 0.262 e. The van der Waals surface area contributed by atoms with Crippen LogP contribution in [0.2, 0.25) is 0 Å². The van der Waals surface area contributed by atoms with Gasteiger partial charge >= 0.3 is 0 Å². The first-order chi connectivity index (χ1) is 15.8. The monoisotopic (exact) mass is 455 g/mol. The molecule has 0 aromatic heterocycles. The summed E-state index contributed by atoms with van der Waals surface area (Å²) in [5.74, 6) is -0.694. The molecule has 2 aromatic carbocycles.